The molecule has 17 N–H and O–H groups in total. The lowest BCUT2D eigenvalue weighted by molar-refractivity contribution is -0.138. The lowest BCUT2D eigenvalue weighted by atomic mass is 9.91. The van der Waals surface area contributed by atoms with Gasteiger partial charge < -0.3 is 65.6 Å². The SMILES string of the molecule is CCCC[C@@H]1NC(=O)[C@H](CCCCN)NC(=O)[C@H](Cc2c[nH]c3ccccc23)NC(=O)[C@@](C)(NC(=O)[C@@H](N)CCCCN)CCC/C=C\CCC[C@@](C)(C(=O)N[C@@H](CCCCN)C(N)=O)NC1=O. The lowest BCUT2D eigenvalue weighted by Gasteiger charge is -2.33. The van der Waals surface area contributed by atoms with Gasteiger partial charge in [-0.2, -0.15) is 0 Å². The standard InChI is InChI=1S/C49H82N12O7/c1-4-5-22-39-45(66)61-49(3,46(67)58-37(41(54)62)24-13-18-29-51)27-16-9-7-6-8-15-26-48(2,60-42(63)35(53)21-12-17-28-50)47(68)59-40(31-33-32-55-36-23-11-10-20-34(33)36)44(65)56-38(43(64)57-39)25-14-19-30-52/h6-7,10-11,20,23,32,35,37-40,55H,4-5,8-9,12-19,21-22,24-31,50-53H2,1-3H3,(H2,54,62)(H,56,65)(H,57,64)(H,58,67)(H,59,68)(H,60,63)(H,61,66)/b7-6-/t35-,37-,38-,39-,40-,48-,49-/m0/s1. The van der Waals surface area contributed by atoms with Gasteiger partial charge in [0.2, 0.25) is 41.4 Å². The van der Waals surface area contributed by atoms with Crippen molar-refractivity contribution in [1.82, 2.24) is 36.9 Å². The number of para-hydroxylation sites is 1. The topological polar surface area (TPSA) is 338 Å². The fourth-order valence-electron chi connectivity index (χ4n) is 8.34. The van der Waals surface area contributed by atoms with Gasteiger partial charge in [0.25, 0.3) is 0 Å². The Labute approximate surface area is 402 Å². The first-order chi connectivity index (χ1) is 32.5. The van der Waals surface area contributed by atoms with Crippen molar-refractivity contribution in [2.45, 2.75) is 184 Å². The zero-order chi connectivity index (χ0) is 50.1. The number of H-pyrrole nitrogens is 1. The summed E-state index contributed by atoms with van der Waals surface area (Å²) in [5.41, 5.74) is 27.7. The predicted molar refractivity (Wildman–Crippen MR) is 265 cm³/mol. The lowest BCUT2D eigenvalue weighted by Crippen LogP contribution is -2.64. The minimum Gasteiger partial charge on any atom is -0.368 e. The fraction of sp³-hybridized carbons (Fsp3) is 0.653. The summed E-state index contributed by atoms with van der Waals surface area (Å²) in [6.07, 6.45) is 13.7. The number of allylic oxidation sites excluding steroid dienone is 2. The summed E-state index contributed by atoms with van der Waals surface area (Å²) in [5.74, 6) is -4.34. The van der Waals surface area contributed by atoms with Crippen molar-refractivity contribution >= 4 is 52.3 Å². The number of hydrogen-bond donors (Lipinski definition) is 12. The van der Waals surface area contributed by atoms with E-state index in [2.05, 4.69) is 36.9 Å². The Morgan fingerprint density at radius 1 is 0.750 bits per heavy atom. The summed E-state index contributed by atoms with van der Waals surface area (Å²) in [5, 5.41) is 18.1. The molecule has 2 heterocycles. The van der Waals surface area contributed by atoms with Gasteiger partial charge in [0, 0.05) is 23.5 Å². The van der Waals surface area contributed by atoms with Gasteiger partial charge in [0.1, 0.15) is 35.2 Å². The summed E-state index contributed by atoms with van der Waals surface area (Å²) in [7, 11) is 0. The smallest absolute Gasteiger partial charge is 0.246 e. The van der Waals surface area contributed by atoms with Gasteiger partial charge in [-0.1, -0.05) is 56.5 Å². The number of benzene rings is 1. The van der Waals surface area contributed by atoms with E-state index in [-0.39, 0.29) is 38.5 Å². The number of amides is 7. The molecular weight excluding hydrogens is 869 g/mol. The molecule has 0 spiro atoms. The Bertz CT molecular complexity index is 1980. The third-order valence-corrected chi connectivity index (χ3v) is 12.7. The molecule has 0 bridgehead atoms. The van der Waals surface area contributed by atoms with Crippen LogP contribution in [-0.2, 0) is 40.0 Å². The quantitative estimate of drug-likeness (QED) is 0.0595. The molecule has 68 heavy (non-hydrogen) atoms. The van der Waals surface area contributed by atoms with Crippen LogP contribution in [0, 0.1) is 0 Å². The molecule has 7 amide bonds. The van der Waals surface area contributed by atoms with Gasteiger partial charge in [-0.05, 0) is 141 Å². The second-order valence-corrected chi connectivity index (χ2v) is 18.6. The second-order valence-electron chi connectivity index (χ2n) is 18.6. The number of rotatable bonds is 22. The van der Waals surface area contributed by atoms with Crippen LogP contribution in [-0.4, -0.2) is 107 Å². The maximum Gasteiger partial charge on any atom is 0.246 e. The largest absolute Gasteiger partial charge is 0.368 e. The van der Waals surface area contributed by atoms with Crippen molar-refractivity contribution in [2.75, 3.05) is 19.6 Å². The van der Waals surface area contributed by atoms with E-state index in [0.29, 0.717) is 103 Å². The first-order valence-electron chi connectivity index (χ1n) is 24.7. The molecule has 19 heteroatoms. The number of fused-ring (bicyclic) bond motifs is 1. The van der Waals surface area contributed by atoms with E-state index in [1.165, 1.54) is 0 Å². The highest BCUT2D eigenvalue weighted by atomic mass is 16.2. The zero-order valence-corrected chi connectivity index (χ0v) is 40.7. The summed E-state index contributed by atoms with van der Waals surface area (Å²) < 4.78 is 0. The third kappa shape index (κ3) is 18.3. The van der Waals surface area contributed by atoms with Crippen LogP contribution in [0.5, 0.6) is 0 Å². The highest BCUT2D eigenvalue weighted by Crippen LogP contribution is 2.23. The van der Waals surface area contributed by atoms with Gasteiger partial charge in [0.15, 0.2) is 0 Å². The molecule has 1 aromatic heterocycles. The second kappa shape index (κ2) is 29.5. The number of carbonyl (C=O) groups is 7. The molecule has 7 atom stereocenters. The Morgan fingerprint density at radius 3 is 1.99 bits per heavy atom. The van der Waals surface area contributed by atoms with Gasteiger partial charge in [-0.15, -0.1) is 0 Å². The van der Waals surface area contributed by atoms with Crippen LogP contribution in [0.1, 0.15) is 142 Å². The maximum atomic E-state index is 14.7. The third-order valence-electron chi connectivity index (χ3n) is 12.7. The normalized spacial score (nSPS) is 24.0. The molecule has 19 nitrogen and oxygen atoms in total. The Morgan fingerprint density at radius 2 is 1.34 bits per heavy atom. The average Bonchev–Trinajstić information content (AvgIpc) is 3.72. The number of unbranched alkanes of at least 4 members (excludes halogenated alkanes) is 4. The van der Waals surface area contributed by atoms with E-state index in [1.807, 2.05) is 43.3 Å². The number of nitrogens with two attached hydrogens (primary N) is 5. The van der Waals surface area contributed by atoms with Gasteiger partial charge in [0.05, 0.1) is 6.04 Å². The molecule has 0 aliphatic carbocycles. The first kappa shape index (κ1) is 57.0. The van der Waals surface area contributed by atoms with E-state index < -0.39 is 82.6 Å². The zero-order valence-electron chi connectivity index (χ0n) is 40.7. The van der Waals surface area contributed by atoms with Crippen LogP contribution in [0.4, 0.5) is 0 Å². The Hall–Kier alpha value is -5.37. The van der Waals surface area contributed by atoms with Crippen molar-refractivity contribution < 1.29 is 33.6 Å². The molecular formula is C49H82N12O7. The molecule has 0 saturated heterocycles. The van der Waals surface area contributed by atoms with Crippen LogP contribution < -0.4 is 60.6 Å². The molecule has 3 rings (SSSR count). The molecule has 0 fully saturated rings. The molecule has 1 aromatic carbocycles. The van der Waals surface area contributed by atoms with E-state index in [4.69, 9.17) is 28.7 Å². The van der Waals surface area contributed by atoms with Crippen LogP contribution >= 0.6 is 0 Å². The number of primary amides is 1. The number of nitrogens with one attached hydrogen (secondary N) is 7. The van der Waals surface area contributed by atoms with Crippen molar-refractivity contribution in [3.63, 3.8) is 0 Å². The minimum absolute atomic E-state index is 0.0237. The molecule has 1 aliphatic heterocycles. The van der Waals surface area contributed by atoms with Crippen molar-refractivity contribution in [2.24, 2.45) is 28.7 Å². The highest BCUT2D eigenvalue weighted by molar-refractivity contribution is 5.99. The van der Waals surface area contributed by atoms with Crippen LogP contribution in [0.3, 0.4) is 0 Å². The Kier molecular flexibility index (Phi) is 24.7. The predicted octanol–water partition coefficient (Wildman–Crippen LogP) is 1.70. The molecule has 0 radical (unpaired) electrons. The number of aromatic nitrogens is 1. The molecule has 0 unspecified atom stereocenters. The van der Waals surface area contributed by atoms with E-state index >= 15 is 0 Å². The van der Waals surface area contributed by atoms with E-state index in [0.717, 1.165) is 16.5 Å². The summed E-state index contributed by atoms with van der Waals surface area (Å²) >= 11 is 0. The van der Waals surface area contributed by atoms with Crippen molar-refractivity contribution in [3.8, 4) is 0 Å². The summed E-state index contributed by atoms with van der Waals surface area (Å²) in [6, 6.07) is 2.14. The number of aromatic amines is 1. The number of hydrogen-bond acceptors (Lipinski definition) is 11. The highest BCUT2D eigenvalue weighted by Gasteiger charge is 2.41. The van der Waals surface area contributed by atoms with Crippen molar-refractivity contribution in [1.29, 1.82) is 0 Å². The molecule has 1 aliphatic rings. The molecule has 380 valence electrons. The van der Waals surface area contributed by atoms with Gasteiger partial charge in [-0.25, -0.2) is 0 Å². The Balaban J connectivity index is 2.11. The fourth-order valence-corrected chi connectivity index (χ4v) is 8.34. The van der Waals surface area contributed by atoms with Crippen molar-refractivity contribution in [3.05, 3.63) is 48.2 Å². The number of carbonyl (C=O) groups excluding carboxylic acids is 7. The first-order valence-corrected chi connectivity index (χ1v) is 24.7. The summed E-state index contributed by atoms with van der Waals surface area (Å²) in [6.45, 7) is 6.34. The van der Waals surface area contributed by atoms with Gasteiger partial charge in [-0.3, -0.25) is 33.6 Å². The van der Waals surface area contributed by atoms with Crippen LogP contribution in [0.25, 0.3) is 10.9 Å². The van der Waals surface area contributed by atoms with Crippen LogP contribution in [0.15, 0.2) is 42.6 Å². The molecule has 2 aromatic rings. The van der Waals surface area contributed by atoms with E-state index in [1.54, 1.807) is 20.0 Å². The average molecular weight is 951 g/mol. The molecule has 0 saturated carbocycles. The monoisotopic (exact) mass is 951 g/mol. The van der Waals surface area contributed by atoms with E-state index in [9.17, 15) is 33.6 Å². The minimum atomic E-state index is -1.53. The van der Waals surface area contributed by atoms with Gasteiger partial charge >= 0.3 is 0 Å². The summed E-state index contributed by atoms with van der Waals surface area (Å²) in [4.78, 5) is 102. The van der Waals surface area contributed by atoms with Crippen LogP contribution in [0.2, 0.25) is 0 Å². The maximum absolute atomic E-state index is 14.7.